The van der Waals surface area contributed by atoms with Crippen molar-refractivity contribution in [1.29, 1.82) is 0 Å². The van der Waals surface area contributed by atoms with Crippen LogP contribution in [0, 0.1) is 0 Å². The second-order valence-electron chi connectivity index (χ2n) is 10.3. The number of nitrogens with zero attached hydrogens (tertiary/aromatic N) is 1. The van der Waals surface area contributed by atoms with E-state index in [-0.39, 0.29) is 24.1 Å². The number of carboxylic acids is 1. The third-order valence-corrected chi connectivity index (χ3v) is 7.21. The predicted octanol–water partition coefficient (Wildman–Crippen LogP) is 4.55. The van der Waals surface area contributed by atoms with E-state index in [2.05, 4.69) is 5.32 Å². The molecule has 0 spiro atoms. The molecule has 0 aromatic heterocycles. The first-order valence-corrected chi connectivity index (χ1v) is 13.1. The molecule has 3 atom stereocenters. The van der Waals surface area contributed by atoms with Gasteiger partial charge in [-0.2, -0.15) is 0 Å². The van der Waals surface area contributed by atoms with E-state index in [1.165, 1.54) is 0 Å². The number of amides is 2. The lowest BCUT2D eigenvalue weighted by Crippen LogP contribution is -2.49. The quantitative estimate of drug-likeness (QED) is 0.466. The summed E-state index contributed by atoms with van der Waals surface area (Å²) < 4.78 is 11.9. The van der Waals surface area contributed by atoms with Gasteiger partial charge in [0.05, 0.1) is 11.6 Å². The molecule has 0 saturated carbocycles. The molecule has 8 nitrogen and oxygen atoms in total. The van der Waals surface area contributed by atoms with Gasteiger partial charge in [0.15, 0.2) is 18.0 Å². The number of hydrogen-bond acceptors (Lipinski definition) is 5. The topological polar surface area (TPSA) is 105 Å². The lowest BCUT2D eigenvalue weighted by Gasteiger charge is -2.28. The number of ether oxygens (including phenoxy) is 2. The van der Waals surface area contributed by atoms with Crippen molar-refractivity contribution in [3.8, 4) is 11.1 Å². The number of likely N-dealkylation sites (tertiary alicyclic amines) is 1. The molecule has 2 aliphatic heterocycles. The molecular formula is C31H32N2O6. The van der Waals surface area contributed by atoms with E-state index in [4.69, 9.17) is 9.47 Å². The highest BCUT2D eigenvalue weighted by atomic mass is 16.8. The van der Waals surface area contributed by atoms with E-state index >= 15 is 0 Å². The van der Waals surface area contributed by atoms with E-state index in [0.717, 1.165) is 29.5 Å². The standard InChI is InChI=1S/C31H32N2O6/c1-31(2)38-26(27(39-31)29(35)33-18-8-13-25(33)22-9-4-3-5-10-22)28(34)32-19-20-14-16-21(17-15-20)23-11-6-7-12-24(23)30(36)37/h3-7,9-12,14-17,25-27H,8,13,18-19H2,1-2H3,(H,32,34)(H,36,37)/t25?,26-,27-/m1/s1. The minimum absolute atomic E-state index is 0.0560. The first kappa shape index (κ1) is 26.6. The lowest BCUT2D eigenvalue weighted by atomic mass is 9.99. The van der Waals surface area contributed by atoms with Crippen LogP contribution >= 0.6 is 0 Å². The zero-order valence-corrected chi connectivity index (χ0v) is 22.0. The molecule has 202 valence electrons. The van der Waals surface area contributed by atoms with E-state index in [1.807, 2.05) is 54.6 Å². The molecule has 8 heteroatoms. The van der Waals surface area contributed by atoms with Gasteiger partial charge in [-0.1, -0.05) is 72.8 Å². The van der Waals surface area contributed by atoms with Crippen molar-refractivity contribution >= 4 is 17.8 Å². The molecule has 2 saturated heterocycles. The van der Waals surface area contributed by atoms with Crippen LogP contribution in [0.1, 0.15) is 54.2 Å². The summed E-state index contributed by atoms with van der Waals surface area (Å²) in [6.07, 6.45) is -0.381. The average molecular weight is 529 g/mol. The van der Waals surface area contributed by atoms with Gasteiger partial charge in [0.2, 0.25) is 0 Å². The Hall–Kier alpha value is -4.01. The number of aromatic carboxylic acids is 1. The summed E-state index contributed by atoms with van der Waals surface area (Å²) in [6, 6.07) is 24.0. The molecule has 2 heterocycles. The summed E-state index contributed by atoms with van der Waals surface area (Å²) in [5.41, 5.74) is 3.50. The highest BCUT2D eigenvalue weighted by Crippen LogP contribution is 2.36. The number of hydrogen-bond donors (Lipinski definition) is 2. The summed E-state index contributed by atoms with van der Waals surface area (Å²) >= 11 is 0. The SMILES string of the molecule is CC1(C)O[C@@H](C(=O)NCc2ccc(-c3ccccc3C(=O)O)cc2)[C@H](C(=O)N2CCCC2c2ccccc2)O1. The molecule has 0 aliphatic carbocycles. The fourth-order valence-corrected chi connectivity index (χ4v) is 5.36. The van der Waals surface area contributed by atoms with Gasteiger partial charge in [0.1, 0.15) is 0 Å². The number of benzene rings is 3. The molecule has 2 aliphatic rings. The fourth-order valence-electron chi connectivity index (χ4n) is 5.36. The van der Waals surface area contributed by atoms with E-state index in [9.17, 15) is 19.5 Å². The number of carboxylic acid groups (broad SMARTS) is 1. The van der Waals surface area contributed by atoms with E-state index < -0.39 is 29.9 Å². The number of rotatable bonds is 7. The molecule has 0 bridgehead atoms. The maximum Gasteiger partial charge on any atom is 0.336 e. The van der Waals surface area contributed by atoms with Crippen molar-refractivity contribution in [3.63, 3.8) is 0 Å². The largest absolute Gasteiger partial charge is 0.478 e. The van der Waals surface area contributed by atoms with Gasteiger partial charge in [-0.25, -0.2) is 4.79 Å². The van der Waals surface area contributed by atoms with Crippen LogP contribution in [0.15, 0.2) is 78.9 Å². The highest BCUT2D eigenvalue weighted by molar-refractivity contribution is 5.96. The zero-order valence-electron chi connectivity index (χ0n) is 22.0. The Balaban J connectivity index is 1.26. The molecular weight excluding hydrogens is 496 g/mol. The Kier molecular flexibility index (Phi) is 7.50. The third-order valence-electron chi connectivity index (χ3n) is 7.21. The van der Waals surface area contributed by atoms with Gasteiger partial charge in [-0.15, -0.1) is 0 Å². The summed E-state index contributed by atoms with van der Waals surface area (Å²) in [5.74, 6) is -2.73. The number of carbonyl (C=O) groups is 3. The van der Waals surface area contributed by atoms with Crippen LogP contribution in [0.3, 0.4) is 0 Å². The normalized spacial score (nSPS) is 22.0. The Labute approximate surface area is 227 Å². The smallest absolute Gasteiger partial charge is 0.336 e. The van der Waals surface area contributed by atoms with Crippen molar-refractivity contribution in [3.05, 3.63) is 95.6 Å². The molecule has 3 aromatic carbocycles. The molecule has 39 heavy (non-hydrogen) atoms. The third kappa shape index (κ3) is 5.72. The van der Waals surface area contributed by atoms with Gasteiger partial charge in [0.25, 0.3) is 11.8 Å². The van der Waals surface area contributed by atoms with Crippen molar-refractivity contribution in [2.75, 3.05) is 6.54 Å². The molecule has 3 aromatic rings. The minimum Gasteiger partial charge on any atom is -0.478 e. The second-order valence-corrected chi connectivity index (χ2v) is 10.3. The van der Waals surface area contributed by atoms with Crippen LogP contribution in [0.25, 0.3) is 11.1 Å². The first-order chi connectivity index (χ1) is 18.7. The molecule has 0 radical (unpaired) electrons. The Morgan fingerprint density at radius 2 is 1.59 bits per heavy atom. The van der Waals surface area contributed by atoms with Gasteiger partial charge in [-0.3, -0.25) is 9.59 Å². The van der Waals surface area contributed by atoms with E-state index in [0.29, 0.717) is 12.1 Å². The Morgan fingerprint density at radius 1 is 0.923 bits per heavy atom. The Bertz CT molecular complexity index is 1360. The molecule has 5 rings (SSSR count). The van der Waals surface area contributed by atoms with Crippen LogP contribution in [-0.2, 0) is 25.6 Å². The van der Waals surface area contributed by atoms with Crippen LogP contribution in [-0.4, -0.2) is 52.3 Å². The number of carbonyl (C=O) groups excluding carboxylic acids is 2. The molecule has 2 N–H and O–H groups in total. The maximum absolute atomic E-state index is 13.7. The van der Waals surface area contributed by atoms with Crippen LogP contribution in [0.2, 0.25) is 0 Å². The minimum atomic E-state index is -1.08. The summed E-state index contributed by atoms with van der Waals surface area (Å²) in [5, 5.41) is 12.4. The van der Waals surface area contributed by atoms with Crippen LogP contribution in [0.4, 0.5) is 0 Å². The highest BCUT2D eigenvalue weighted by Gasteiger charge is 2.51. The summed E-state index contributed by atoms with van der Waals surface area (Å²) in [7, 11) is 0. The maximum atomic E-state index is 13.7. The second kappa shape index (κ2) is 11.0. The molecule has 2 fully saturated rings. The van der Waals surface area contributed by atoms with Crippen molar-refractivity contribution in [2.45, 2.75) is 57.3 Å². The van der Waals surface area contributed by atoms with Gasteiger partial charge in [0, 0.05) is 13.1 Å². The van der Waals surface area contributed by atoms with Crippen molar-refractivity contribution < 1.29 is 29.0 Å². The number of nitrogens with one attached hydrogen (secondary N) is 1. The van der Waals surface area contributed by atoms with Crippen LogP contribution in [0.5, 0.6) is 0 Å². The summed E-state index contributed by atoms with van der Waals surface area (Å²) in [6.45, 7) is 4.22. The van der Waals surface area contributed by atoms with E-state index in [1.54, 1.807) is 43.0 Å². The zero-order chi connectivity index (χ0) is 27.6. The van der Waals surface area contributed by atoms with Crippen molar-refractivity contribution in [2.24, 2.45) is 0 Å². The molecule has 1 unspecified atom stereocenters. The van der Waals surface area contributed by atoms with Crippen LogP contribution < -0.4 is 5.32 Å². The Morgan fingerprint density at radius 3 is 2.31 bits per heavy atom. The monoisotopic (exact) mass is 528 g/mol. The lowest BCUT2D eigenvalue weighted by molar-refractivity contribution is -0.163. The van der Waals surface area contributed by atoms with Gasteiger partial charge < -0.3 is 24.8 Å². The summed E-state index contributed by atoms with van der Waals surface area (Å²) in [4.78, 5) is 40.3. The first-order valence-electron chi connectivity index (χ1n) is 13.1. The van der Waals surface area contributed by atoms with Gasteiger partial charge in [-0.05, 0) is 55.0 Å². The fraction of sp³-hybridized carbons (Fsp3) is 0.323. The van der Waals surface area contributed by atoms with Crippen molar-refractivity contribution in [1.82, 2.24) is 10.2 Å². The predicted molar refractivity (Wildman–Crippen MR) is 145 cm³/mol. The van der Waals surface area contributed by atoms with Gasteiger partial charge >= 0.3 is 5.97 Å². The molecule has 2 amide bonds. The average Bonchev–Trinajstić information content (AvgIpc) is 3.56.